The van der Waals surface area contributed by atoms with Crippen LogP contribution in [0.25, 0.3) is 0 Å². The Kier molecular flexibility index (Phi) is 2.96. The molecule has 0 aromatic heterocycles. The number of phenolic OH excluding ortho intramolecular Hbond substituents is 1. The van der Waals surface area contributed by atoms with Gasteiger partial charge in [-0.3, -0.25) is 14.9 Å². The molecule has 18 heavy (non-hydrogen) atoms. The number of hydrogen-bond donors (Lipinski definition) is 5. The zero-order chi connectivity index (χ0) is 14.2. The second-order valence-corrected chi connectivity index (χ2v) is 3.14. The van der Waals surface area contributed by atoms with Crippen LogP contribution in [-0.4, -0.2) is 32.1 Å². The van der Waals surface area contributed by atoms with E-state index in [1.165, 1.54) is 0 Å². The molecule has 0 aliphatic carbocycles. The molecule has 0 fully saturated rings. The van der Waals surface area contributed by atoms with E-state index in [1.54, 1.807) is 0 Å². The van der Waals surface area contributed by atoms with Gasteiger partial charge in [-0.05, 0) is 0 Å². The van der Waals surface area contributed by atoms with Crippen LogP contribution in [0.3, 0.4) is 0 Å². The number of benzene rings is 1. The maximum atomic E-state index is 11.1. The molecule has 0 heterocycles. The van der Waals surface area contributed by atoms with E-state index in [-0.39, 0.29) is 0 Å². The number of nitrogens with zero attached hydrogens (tertiary/aromatic N) is 1. The molecule has 10 heteroatoms. The van der Waals surface area contributed by atoms with Gasteiger partial charge in [0.25, 0.3) is 5.91 Å². The highest BCUT2D eigenvalue weighted by Gasteiger charge is 2.34. The lowest BCUT2D eigenvalue weighted by Gasteiger charge is -2.10. The predicted molar refractivity (Wildman–Crippen MR) is 55.7 cm³/mol. The number of anilines is 1. The molecule has 10 nitrogen and oxygen atoms in total. The van der Waals surface area contributed by atoms with Gasteiger partial charge in [-0.2, -0.15) is 0 Å². The number of carbonyl (C=O) groups excluding carboxylic acids is 2. The van der Waals surface area contributed by atoms with E-state index in [0.29, 0.717) is 0 Å². The summed E-state index contributed by atoms with van der Waals surface area (Å²) >= 11 is 0. The van der Waals surface area contributed by atoms with Crippen molar-refractivity contribution < 1.29 is 29.8 Å². The monoisotopic (exact) mass is 257 g/mol. The summed E-state index contributed by atoms with van der Waals surface area (Å²) in [6.45, 7) is 0. The van der Waals surface area contributed by atoms with Crippen molar-refractivity contribution in [2.45, 2.75) is 0 Å². The van der Waals surface area contributed by atoms with Gasteiger partial charge in [0.05, 0.1) is 0 Å². The van der Waals surface area contributed by atoms with E-state index in [1.807, 2.05) is 0 Å². The summed E-state index contributed by atoms with van der Waals surface area (Å²) in [6.07, 6.45) is 0. The van der Waals surface area contributed by atoms with Crippen molar-refractivity contribution in [3.05, 3.63) is 21.2 Å². The molecule has 0 unspecified atom stereocenters. The van der Waals surface area contributed by atoms with Crippen molar-refractivity contribution in [3.8, 4) is 17.2 Å². The lowest BCUT2D eigenvalue weighted by molar-refractivity contribution is -0.375. The molecule has 0 spiro atoms. The molecule has 0 saturated heterocycles. The van der Waals surface area contributed by atoms with Crippen LogP contribution in [0.15, 0.2) is 0 Å². The van der Waals surface area contributed by atoms with E-state index < -0.39 is 50.8 Å². The van der Waals surface area contributed by atoms with Crippen LogP contribution in [0.4, 0.5) is 5.69 Å². The smallest absolute Gasteiger partial charge is 0.484 e. The standard InChI is InChI=1S/C8H7N3O7/c9-3-5(13)1(7(10)15)4(12)2(6(3)14)8(16)11(17)18/h12-14H,9H2,(H2,10,15). The topological polar surface area (TPSA) is 190 Å². The van der Waals surface area contributed by atoms with Crippen molar-refractivity contribution >= 4 is 17.5 Å². The predicted octanol–water partition coefficient (Wildman–Crippen LogP) is -1.10. The zero-order valence-corrected chi connectivity index (χ0v) is 8.58. The lowest BCUT2D eigenvalue weighted by Crippen LogP contribution is -2.17. The molecule has 0 saturated carbocycles. The number of amides is 2. The Morgan fingerprint density at radius 2 is 1.50 bits per heavy atom. The van der Waals surface area contributed by atoms with Gasteiger partial charge < -0.3 is 26.8 Å². The number of hydrogen-bond acceptors (Lipinski definition) is 8. The first kappa shape index (κ1) is 13.0. The number of carbonyl (C=O) groups is 2. The van der Waals surface area contributed by atoms with Crippen molar-refractivity contribution in [2.24, 2.45) is 5.73 Å². The number of nitrogen functional groups attached to an aromatic ring is 1. The summed E-state index contributed by atoms with van der Waals surface area (Å²) in [5.41, 5.74) is 6.85. The molecule has 1 rings (SSSR count). The number of aromatic hydroxyl groups is 3. The Balaban J connectivity index is 3.79. The van der Waals surface area contributed by atoms with Gasteiger partial charge in [-0.25, -0.2) is 4.79 Å². The van der Waals surface area contributed by atoms with Crippen molar-refractivity contribution in [1.29, 1.82) is 0 Å². The molecule has 7 N–H and O–H groups in total. The van der Waals surface area contributed by atoms with E-state index in [4.69, 9.17) is 11.5 Å². The van der Waals surface area contributed by atoms with Crippen LogP contribution in [0, 0.1) is 10.1 Å². The molecule has 0 atom stereocenters. The minimum absolute atomic E-state index is 0.883. The summed E-state index contributed by atoms with van der Waals surface area (Å²) in [4.78, 5) is 30.9. The van der Waals surface area contributed by atoms with Gasteiger partial charge in [0, 0.05) is 0 Å². The lowest BCUT2D eigenvalue weighted by atomic mass is 10.0. The van der Waals surface area contributed by atoms with Crippen LogP contribution in [0.2, 0.25) is 0 Å². The average Bonchev–Trinajstić information content (AvgIpc) is 2.25. The third kappa shape index (κ3) is 1.71. The highest BCUT2D eigenvalue weighted by atomic mass is 16.6. The third-order valence-electron chi connectivity index (χ3n) is 2.08. The summed E-state index contributed by atoms with van der Waals surface area (Å²) in [5, 5.41) is 38.5. The Morgan fingerprint density at radius 1 is 1.06 bits per heavy atom. The van der Waals surface area contributed by atoms with Gasteiger partial charge in [-0.1, -0.05) is 0 Å². The Bertz CT molecular complexity index is 581. The van der Waals surface area contributed by atoms with E-state index >= 15 is 0 Å². The molecule has 0 aliphatic heterocycles. The first-order chi connectivity index (χ1) is 8.20. The summed E-state index contributed by atoms with van der Waals surface area (Å²) in [5.74, 6) is -6.88. The van der Waals surface area contributed by atoms with Gasteiger partial charge in [0.1, 0.15) is 16.2 Å². The number of phenols is 3. The fourth-order valence-electron chi connectivity index (χ4n) is 1.26. The Hall–Kier alpha value is -3.04. The quantitative estimate of drug-likeness (QED) is 0.145. The van der Waals surface area contributed by atoms with E-state index in [2.05, 4.69) is 0 Å². The van der Waals surface area contributed by atoms with Crippen molar-refractivity contribution in [3.63, 3.8) is 0 Å². The van der Waals surface area contributed by atoms with Gasteiger partial charge in [0.2, 0.25) is 0 Å². The zero-order valence-electron chi connectivity index (χ0n) is 8.58. The SMILES string of the molecule is NC(=O)c1c(O)c(N)c(O)c(C(=O)[N+](=O)[O-])c1O. The van der Waals surface area contributed by atoms with E-state index in [9.17, 15) is 35.0 Å². The van der Waals surface area contributed by atoms with Crippen LogP contribution in [0.1, 0.15) is 20.7 Å². The van der Waals surface area contributed by atoms with Crippen LogP contribution >= 0.6 is 0 Å². The van der Waals surface area contributed by atoms with Crippen molar-refractivity contribution in [1.82, 2.24) is 0 Å². The van der Waals surface area contributed by atoms with Crippen LogP contribution in [0.5, 0.6) is 17.2 Å². The normalized spacial score (nSPS) is 10.0. The summed E-state index contributed by atoms with van der Waals surface area (Å²) < 4.78 is 0. The van der Waals surface area contributed by atoms with Gasteiger partial charge in [-0.15, -0.1) is 0 Å². The van der Waals surface area contributed by atoms with Crippen LogP contribution in [-0.2, 0) is 0 Å². The average molecular weight is 257 g/mol. The fraction of sp³-hybridized carbons (Fsp3) is 0. The van der Waals surface area contributed by atoms with Gasteiger partial charge >= 0.3 is 5.91 Å². The maximum absolute atomic E-state index is 11.1. The minimum atomic E-state index is -1.90. The first-order valence-corrected chi connectivity index (χ1v) is 4.25. The highest BCUT2D eigenvalue weighted by Crippen LogP contribution is 2.43. The first-order valence-electron chi connectivity index (χ1n) is 4.25. The molecule has 96 valence electrons. The fourth-order valence-corrected chi connectivity index (χ4v) is 1.26. The Morgan fingerprint density at radius 3 is 1.89 bits per heavy atom. The maximum Gasteiger partial charge on any atom is 0.484 e. The molecule has 1 aromatic rings. The number of nitrogens with two attached hydrogens (primary N) is 2. The number of nitro groups is 1. The molecular weight excluding hydrogens is 250 g/mol. The third-order valence-corrected chi connectivity index (χ3v) is 2.08. The minimum Gasteiger partial charge on any atom is -0.506 e. The second-order valence-electron chi connectivity index (χ2n) is 3.14. The largest absolute Gasteiger partial charge is 0.506 e. The summed E-state index contributed by atoms with van der Waals surface area (Å²) in [7, 11) is 0. The molecule has 1 aromatic carbocycles. The van der Waals surface area contributed by atoms with E-state index in [0.717, 1.165) is 0 Å². The summed E-state index contributed by atoms with van der Waals surface area (Å²) in [6, 6.07) is 0. The highest BCUT2D eigenvalue weighted by molar-refractivity contribution is 6.07. The van der Waals surface area contributed by atoms with Crippen molar-refractivity contribution in [2.75, 3.05) is 5.73 Å². The molecule has 0 aliphatic rings. The molecule has 2 amide bonds. The number of rotatable bonds is 2. The second kappa shape index (κ2) is 4.08. The van der Waals surface area contributed by atoms with Crippen LogP contribution < -0.4 is 11.5 Å². The Labute approximate surface area is 98.2 Å². The van der Waals surface area contributed by atoms with Gasteiger partial charge in [0.15, 0.2) is 22.8 Å². The molecule has 0 bridgehead atoms. The molecular formula is C8H7N3O7. The molecule has 0 radical (unpaired) electrons. The number of primary amides is 1.